The van der Waals surface area contributed by atoms with Crippen LogP contribution in [0, 0.1) is 5.41 Å². The van der Waals surface area contributed by atoms with Gasteiger partial charge in [0.15, 0.2) is 0 Å². The van der Waals surface area contributed by atoms with Crippen molar-refractivity contribution in [2.45, 2.75) is 56.0 Å². The molecule has 1 unspecified atom stereocenters. The summed E-state index contributed by atoms with van der Waals surface area (Å²) in [6.45, 7) is 3.46. The summed E-state index contributed by atoms with van der Waals surface area (Å²) in [4.78, 5) is 31.8. The summed E-state index contributed by atoms with van der Waals surface area (Å²) in [5, 5.41) is 10.8. The number of carbonyl (C=O) groups excluding carboxylic acids is 1. The highest BCUT2D eigenvalue weighted by Gasteiger charge is 2.52. The monoisotopic (exact) mass is 603 g/mol. The molecule has 3 aromatic rings. The Balaban J connectivity index is 1.83. The van der Waals surface area contributed by atoms with Crippen molar-refractivity contribution in [2.75, 3.05) is 6.54 Å². The molecule has 0 radical (unpaired) electrons. The van der Waals surface area contributed by atoms with Gasteiger partial charge in [-0.25, -0.2) is 13.1 Å². The molecule has 1 saturated heterocycles. The second-order valence-electron chi connectivity index (χ2n) is 10.3. The summed E-state index contributed by atoms with van der Waals surface area (Å²) in [7, 11) is -3.91. The highest BCUT2D eigenvalue weighted by molar-refractivity contribution is 7.89. The number of likely N-dealkylation sites (tertiary alicyclic amines) is 1. The third-order valence-corrected chi connectivity index (χ3v) is 9.35. The van der Waals surface area contributed by atoms with Crippen molar-refractivity contribution in [2.24, 2.45) is 5.41 Å². The predicted molar refractivity (Wildman–Crippen MR) is 154 cm³/mol. The Hall–Kier alpha value is -2.98. The number of piperidine rings is 1. The Morgan fingerprint density at radius 2 is 1.85 bits per heavy atom. The molecule has 4 rings (SSSR count). The van der Waals surface area contributed by atoms with Crippen LogP contribution in [0.2, 0.25) is 10.0 Å². The van der Waals surface area contributed by atoms with Gasteiger partial charge >= 0.3 is 5.97 Å². The molecule has 212 valence electrons. The molecule has 11 heteroatoms. The molecule has 1 aromatic heterocycles. The zero-order valence-corrected chi connectivity index (χ0v) is 24.5. The number of benzene rings is 2. The fourth-order valence-electron chi connectivity index (χ4n) is 5.52. The zero-order chi connectivity index (χ0) is 29.1. The molecule has 1 amide bonds. The van der Waals surface area contributed by atoms with Crippen LogP contribution < -0.4 is 4.72 Å². The van der Waals surface area contributed by atoms with Crippen LogP contribution in [-0.4, -0.2) is 47.9 Å². The maximum absolute atomic E-state index is 14.3. The number of pyridine rings is 1. The Kier molecular flexibility index (Phi) is 9.19. The Morgan fingerprint density at radius 3 is 2.45 bits per heavy atom. The van der Waals surface area contributed by atoms with Crippen molar-refractivity contribution in [1.29, 1.82) is 0 Å². The molecular formula is C29H31Cl2N3O5S. The largest absolute Gasteiger partial charge is 0.481 e. The highest BCUT2D eigenvalue weighted by Crippen LogP contribution is 2.52. The molecule has 2 N–H and O–H groups in total. The number of nitrogens with zero attached hydrogens (tertiary/aromatic N) is 2. The summed E-state index contributed by atoms with van der Waals surface area (Å²) in [5.41, 5.74) is 0.415. The van der Waals surface area contributed by atoms with Gasteiger partial charge in [0.05, 0.1) is 17.9 Å². The van der Waals surface area contributed by atoms with Crippen molar-refractivity contribution in [1.82, 2.24) is 14.6 Å². The Bertz CT molecular complexity index is 1470. The predicted octanol–water partition coefficient (Wildman–Crippen LogP) is 5.68. The fraction of sp³-hybridized carbons (Fsp3) is 0.345. The number of hydrogen-bond acceptors (Lipinski definition) is 5. The summed E-state index contributed by atoms with van der Waals surface area (Å²) < 4.78 is 28.7. The SMILES string of the molecule is CCC(CNS(=O)(=O)c1cccnc1)N1C(=O)[C@@](C)(CC(=O)O)C[C@H](c2cccc(Cl)c2)[C@H]1c1ccc(Cl)cc1. The van der Waals surface area contributed by atoms with Gasteiger partial charge in [-0.15, -0.1) is 0 Å². The normalized spacial score (nSPS) is 22.2. The first kappa shape index (κ1) is 30.0. The van der Waals surface area contributed by atoms with Crippen molar-refractivity contribution in [3.05, 3.63) is 94.2 Å². The lowest BCUT2D eigenvalue weighted by Crippen LogP contribution is -2.58. The standard InChI is InChI=1S/C29H31Cl2N3O5S/c1-3-23(17-33-40(38,39)24-8-5-13-32-18-24)34-27(19-9-11-21(30)12-10-19)25(20-6-4-7-22(31)14-20)15-29(2,28(34)37)16-26(35)36/h4-14,18,23,25,27,33H,3,15-17H2,1-2H3,(H,35,36)/t23?,25-,27-,29-/m1/s1. The average molecular weight is 605 g/mol. The smallest absolute Gasteiger partial charge is 0.304 e. The minimum atomic E-state index is -3.91. The van der Waals surface area contributed by atoms with E-state index >= 15 is 0 Å². The Labute approximate surface area is 244 Å². The van der Waals surface area contributed by atoms with E-state index in [1.807, 2.05) is 37.3 Å². The quantitative estimate of drug-likeness (QED) is 0.308. The third kappa shape index (κ3) is 6.49. The van der Waals surface area contributed by atoms with E-state index in [4.69, 9.17) is 23.2 Å². The van der Waals surface area contributed by atoms with Crippen LogP contribution in [0.3, 0.4) is 0 Å². The number of nitrogens with one attached hydrogen (secondary N) is 1. The van der Waals surface area contributed by atoms with E-state index in [1.165, 1.54) is 24.5 Å². The lowest BCUT2D eigenvalue weighted by Gasteiger charge is -2.52. The maximum atomic E-state index is 14.3. The minimum absolute atomic E-state index is 0.0107. The number of rotatable bonds is 10. The maximum Gasteiger partial charge on any atom is 0.304 e. The van der Waals surface area contributed by atoms with Crippen molar-refractivity contribution >= 4 is 45.1 Å². The minimum Gasteiger partial charge on any atom is -0.481 e. The van der Waals surface area contributed by atoms with E-state index in [0.29, 0.717) is 16.5 Å². The zero-order valence-electron chi connectivity index (χ0n) is 22.1. The van der Waals surface area contributed by atoms with E-state index < -0.39 is 33.5 Å². The molecule has 8 nitrogen and oxygen atoms in total. The topological polar surface area (TPSA) is 117 Å². The first-order valence-corrected chi connectivity index (χ1v) is 15.1. The van der Waals surface area contributed by atoms with Gasteiger partial charge < -0.3 is 10.0 Å². The third-order valence-electron chi connectivity index (χ3n) is 7.45. The molecular weight excluding hydrogens is 573 g/mol. The van der Waals surface area contributed by atoms with Gasteiger partial charge in [0.2, 0.25) is 15.9 Å². The summed E-state index contributed by atoms with van der Waals surface area (Å²) in [6, 6.07) is 16.4. The molecule has 40 heavy (non-hydrogen) atoms. The van der Waals surface area contributed by atoms with E-state index in [0.717, 1.165) is 11.1 Å². The number of aromatic nitrogens is 1. The van der Waals surface area contributed by atoms with Crippen LogP contribution >= 0.6 is 23.2 Å². The van der Waals surface area contributed by atoms with Crippen molar-refractivity contribution in [3.63, 3.8) is 0 Å². The van der Waals surface area contributed by atoms with Crippen molar-refractivity contribution < 1.29 is 23.1 Å². The second-order valence-corrected chi connectivity index (χ2v) is 12.9. The molecule has 2 heterocycles. The van der Waals surface area contributed by atoms with Crippen LogP contribution in [0.25, 0.3) is 0 Å². The molecule has 0 spiro atoms. The van der Waals surface area contributed by atoms with Gasteiger partial charge in [-0.3, -0.25) is 14.6 Å². The average Bonchev–Trinajstić information content (AvgIpc) is 2.92. The molecule has 2 aromatic carbocycles. The van der Waals surface area contributed by atoms with Gasteiger partial charge in [-0.05, 0) is 60.4 Å². The molecule has 0 saturated carbocycles. The van der Waals surface area contributed by atoms with Crippen LogP contribution in [0.1, 0.15) is 56.2 Å². The summed E-state index contributed by atoms with van der Waals surface area (Å²) in [6.07, 6.45) is 3.04. The van der Waals surface area contributed by atoms with Crippen LogP contribution in [0.5, 0.6) is 0 Å². The summed E-state index contributed by atoms with van der Waals surface area (Å²) in [5.74, 6) is -1.76. The first-order valence-electron chi connectivity index (χ1n) is 12.9. The molecule has 1 aliphatic heterocycles. The van der Waals surface area contributed by atoms with Gasteiger partial charge in [-0.1, -0.05) is 61.3 Å². The number of halogens is 2. The van der Waals surface area contributed by atoms with E-state index in [9.17, 15) is 23.1 Å². The van der Waals surface area contributed by atoms with Gasteiger partial charge in [0, 0.05) is 40.9 Å². The first-order chi connectivity index (χ1) is 18.9. The van der Waals surface area contributed by atoms with E-state index in [2.05, 4.69) is 9.71 Å². The highest BCUT2D eigenvalue weighted by atomic mass is 35.5. The number of hydrogen-bond donors (Lipinski definition) is 2. The van der Waals surface area contributed by atoms with Gasteiger partial charge in [0.25, 0.3) is 0 Å². The molecule has 0 aliphatic carbocycles. The van der Waals surface area contributed by atoms with Crippen LogP contribution in [0.15, 0.2) is 78.0 Å². The summed E-state index contributed by atoms with van der Waals surface area (Å²) >= 11 is 12.6. The number of carbonyl (C=O) groups is 2. The van der Waals surface area contributed by atoms with Crippen molar-refractivity contribution in [3.8, 4) is 0 Å². The fourth-order valence-corrected chi connectivity index (χ4v) is 6.88. The number of sulfonamides is 1. The molecule has 1 fully saturated rings. The van der Waals surface area contributed by atoms with Crippen LogP contribution in [-0.2, 0) is 19.6 Å². The number of carboxylic acid groups (broad SMARTS) is 1. The molecule has 1 aliphatic rings. The van der Waals surface area contributed by atoms with E-state index in [-0.39, 0.29) is 36.1 Å². The lowest BCUT2D eigenvalue weighted by molar-refractivity contribution is -0.160. The lowest BCUT2D eigenvalue weighted by atomic mass is 9.67. The van der Waals surface area contributed by atoms with Gasteiger partial charge in [0.1, 0.15) is 4.90 Å². The number of carboxylic acids is 1. The second kappa shape index (κ2) is 12.3. The van der Waals surface area contributed by atoms with Crippen LogP contribution in [0.4, 0.5) is 0 Å². The Morgan fingerprint density at radius 1 is 1.12 bits per heavy atom. The molecule has 0 bridgehead atoms. The number of aliphatic carboxylic acids is 1. The van der Waals surface area contributed by atoms with E-state index in [1.54, 1.807) is 30.0 Å². The number of amides is 1. The van der Waals surface area contributed by atoms with Gasteiger partial charge in [-0.2, -0.15) is 0 Å². The molecule has 4 atom stereocenters.